The summed E-state index contributed by atoms with van der Waals surface area (Å²) in [5, 5.41) is 3.34. The molecule has 1 atom stereocenters. The monoisotopic (exact) mass is 473 g/mol. The summed E-state index contributed by atoms with van der Waals surface area (Å²) in [6.45, 7) is 0. The van der Waals surface area contributed by atoms with Crippen LogP contribution in [0.25, 0.3) is 0 Å². The van der Waals surface area contributed by atoms with Crippen molar-refractivity contribution in [2.75, 3.05) is 5.32 Å². The number of nitrogens with one attached hydrogen (secondary N) is 1. The van der Waals surface area contributed by atoms with Gasteiger partial charge in [0.15, 0.2) is 5.16 Å². The van der Waals surface area contributed by atoms with Gasteiger partial charge in [0, 0.05) is 25.1 Å². The first-order valence-electron chi connectivity index (χ1n) is 8.96. The molecule has 0 unspecified atom stereocenters. The van der Waals surface area contributed by atoms with Crippen molar-refractivity contribution in [3.63, 3.8) is 0 Å². The van der Waals surface area contributed by atoms with Crippen LogP contribution in [0.15, 0.2) is 63.0 Å². The number of nitrogens with zero attached hydrogens (tertiary/aromatic N) is 2. The Kier molecular flexibility index (Phi) is 5.56. The number of anilines is 1. The van der Waals surface area contributed by atoms with Crippen molar-refractivity contribution >= 4 is 39.4 Å². The zero-order valence-electron chi connectivity index (χ0n) is 15.5. The summed E-state index contributed by atoms with van der Waals surface area (Å²) in [5.74, 6) is 0.0377. The number of carbonyl (C=O) groups excluding carboxylic acids is 1. The van der Waals surface area contributed by atoms with Crippen LogP contribution in [0.2, 0.25) is 0 Å². The Labute approximate surface area is 179 Å². The van der Waals surface area contributed by atoms with Gasteiger partial charge in [0.2, 0.25) is 5.91 Å². The number of aromatic nitrogens is 2. The number of hydrogen-bond acceptors (Lipinski definition) is 4. The second-order valence-corrected chi connectivity index (χ2v) is 8.57. The van der Waals surface area contributed by atoms with Crippen LogP contribution in [-0.2, 0) is 17.6 Å². The van der Waals surface area contributed by atoms with Crippen molar-refractivity contribution in [1.82, 2.24) is 9.55 Å². The molecule has 1 aromatic heterocycles. The maximum absolute atomic E-state index is 13.7. The summed E-state index contributed by atoms with van der Waals surface area (Å²) in [5.41, 5.74) is 1.86. The van der Waals surface area contributed by atoms with Crippen LogP contribution < -0.4 is 10.9 Å². The highest BCUT2D eigenvalue weighted by atomic mass is 79.9. The normalized spacial score (nSPS) is 15.7. The minimum atomic E-state index is -0.477. The lowest BCUT2D eigenvalue weighted by Gasteiger charge is -2.27. The number of thioether (sulfide) groups is 1. The number of amides is 1. The third-order valence-electron chi connectivity index (χ3n) is 4.86. The average Bonchev–Trinajstić information content (AvgIpc) is 2.71. The molecule has 1 N–H and O–H groups in total. The summed E-state index contributed by atoms with van der Waals surface area (Å²) in [4.78, 5) is 29.6. The number of rotatable bonds is 4. The van der Waals surface area contributed by atoms with Crippen LogP contribution >= 0.6 is 27.7 Å². The van der Waals surface area contributed by atoms with Gasteiger partial charge in [-0.3, -0.25) is 9.59 Å². The Hall–Kier alpha value is -2.45. The molecular formula is C21H17BrFN3O2S. The molecule has 0 saturated carbocycles. The maximum Gasteiger partial charge on any atom is 0.279 e. The number of fused-ring (bicyclic) bond motifs is 1. The fourth-order valence-corrected chi connectivity index (χ4v) is 4.72. The molecule has 1 amide bonds. The number of carbonyl (C=O) groups is 1. The molecule has 1 aliphatic heterocycles. The molecule has 5 nitrogen and oxygen atoms in total. The molecule has 1 aliphatic rings. The highest BCUT2D eigenvalue weighted by Crippen LogP contribution is 2.37. The van der Waals surface area contributed by atoms with E-state index in [1.807, 2.05) is 30.3 Å². The molecule has 0 radical (unpaired) electrons. The molecule has 148 valence electrons. The lowest BCUT2D eigenvalue weighted by atomic mass is 9.87. The fourth-order valence-electron chi connectivity index (χ4n) is 3.40. The van der Waals surface area contributed by atoms with E-state index in [9.17, 15) is 14.0 Å². The topological polar surface area (TPSA) is 64.0 Å². The van der Waals surface area contributed by atoms with Crippen molar-refractivity contribution in [3.05, 3.63) is 85.9 Å². The Morgan fingerprint density at radius 3 is 2.72 bits per heavy atom. The van der Waals surface area contributed by atoms with Crippen LogP contribution in [0.5, 0.6) is 0 Å². The van der Waals surface area contributed by atoms with Gasteiger partial charge in [-0.15, -0.1) is 0 Å². The van der Waals surface area contributed by atoms with E-state index in [1.54, 1.807) is 23.7 Å². The number of halogens is 2. The average molecular weight is 474 g/mol. The van der Waals surface area contributed by atoms with Gasteiger partial charge < -0.3 is 9.88 Å². The summed E-state index contributed by atoms with van der Waals surface area (Å²) in [7, 11) is 1.78. The van der Waals surface area contributed by atoms with Gasteiger partial charge >= 0.3 is 0 Å². The first-order valence-corrected chi connectivity index (χ1v) is 10.7. The van der Waals surface area contributed by atoms with E-state index in [4.69, 9.17) is 0 Å². The van der Waals surface area contributed by atoms with E-state index in [2.05, 4.69) is 26.2 Å². The Bertz CT molecular complexity index is 1150. The third-order valence-corrected chi connectivity index (χ3v) is 6.57. The van der Waals surface area contributed by atoms with Gasteiger partial charge in [-0.05, 0) is 39.2 Å². The highest BCUT2D eigenvalue weighted by Gasteiger charge is 2.32. The second kappa shape index (κ2) is 8.12. The standard InChI is InChI=1S/C21H17BrFN3O2S/c1-26-19-18(20(28)25-21(26)29-11-12-5-3-2-4-6-12)14(10-17(27)24-19)13-7-8-16(23)15(22)9-13/h2-9,14H,10-11H2,1H3,(H,24,27)/t14-/m1/s1. The first-order chi connectivity index (χ1) is 13.9. The van der Waals surface area contributed by atoms with E-state index < -0.39 is 11.7 Å². The Morgan fingerprint density at radius 1 is 1.24 bits per heavy atom. The van der Waals surface area contributed by atoms with Gasteiger partial charge in [-0.1, -0.05) is 48.2 Å². The largest absolute Gasteiger partial charge is 0.312 e. The molecule has 0 aliphatic carbocycles. The molecule has 0 bridgehead atoms. The molecule has 8 heteroatoms. The molecule has 2 aromatic carbocycles. The number of benzene rings is 2. The van der Waals surface area contributed by atoms with Crippen LogP contribution in [0, 0.1) is 5.82 Å². The van der Waals surface area contributed by atoms with E-state index in [1.165, 1.54) is 17.8 Å². The number of hydrogen-bond donors (Lipinski definition) is 1. The molecule has 0 fully saturated rings. The summed E-state index contributed by atoms with van der Waals surface area (Å²) >= 11 is 4.61. The molecule has 0 saturated heterocycles. The van der Waals surface area contributed by atoms with E-state index in [0.29, 0.717) is 32.3 Å². The SMILES string of the molecule is Cn1c(SCc2ccccc2)nc(=O)c2c1NC(=O)C[C@@H]2c1ccc(F)c(Br)c1. The Morgan fingerprint density at radius 2 is 2.00 bits per heavy atom. The molecule has 29 heavy (non-hydrogen) atoms. The summed E-state index contributed by atoms with van der Waals surface area (Å²) in [6, 6.07) is 14.4. The zero-order valence-corrected chi connectivity index (χ0v) is 17.9. The molecule has 2 heterocycles. The highest BCUT2D eigenvalue weighted by molar-refractivity contribution is 9.10. The van der Waals surface area contributed by atoms with E-state index >= 15 is 0 Å². The quantitative estimate of drug-likeness (QED) is 0.449. The zero-order chi connectivity index (χ0) is 20.5. The van der Waals surface area contributed by atoms with Crippen LogP contribution in [0.4, 0.5) is 10.2 Å². The van der Waals surface area contributed by atoms with Crippen molar-refractivity contribution < 1.29 is 9.18 Å². The predicted octanol–water partition coefficient (Wildman–Crippen LogP) is 4.45. The fraction of sp³-hybridized carbons (Fsp3) is 0.190. The van der Waals surface area contributed by atoms with Gasteiger partial charge in [0.1, 0.15) is 11.6 Å². The molecule has 4 rings (SSSR count). The second-order valence-electron chi connectivity index (χ2n) is 6.77. The first kappa shape index (κ1) is 19.8. The van der Waals surface area contributed by atoms with E-state index in [0.717, 1.165) is 5.56 Å². The van der Waals surface area contributed by atoms with Crippen LogP contribution in [-0.4, -0.2) is 15.5 Å². The minimum absolute atomic E-state index is 0.110. The van der Waals surface area contributed by atoms with Gasteiger partial charge in [0.05, 0.1) is 10.0 Å². The minimum Gasteiger partial charge on any atom is -0.312 e. The van der Waals surface area contributed by atoms with Crippen molar-refractivity contribution in [1.29, 1.82) is 0 Å². The lowest BCUT2D eigenvalue weighted by Crippen LogP contribution is -2.33. The van der Waals surface area contributed by atoms with Crippen molar-refractivity contribution in [2.24, 2.45) is 7.05 Å². The van der Waals surface area contributed by atoms with E-state index in [-0.39, 0.29) is 17.9 Å². The lowest BCUT2D eigenvalue weighted by molar-refractivity contribution is -0.116. The van der Waals surface area contributed by atoms with Gasteiger partial charge in [-0.25, -0.2) is 4.39 Å². The maximum atomic E-state index is 13.7. The summed E-state index contributed by atoms with van der Waals surface area (Å²) in [6.07, 6.45) is 0.110. The van der Waals surface area contributed by atoms with Crippen molar-refractivity contribution in [2.45, 2.75) is 23.2 Å². The van der Waals surface area contributed by atoms with Gasteiger partial charge in [0.25, 0.3) is 5.56 Å². The van der Waals surface area contributed by atoms with Crippen LogP contribution in [0.3, 0.4) is 0 Å². The van der Waals surface area contributed by atoms with Crippen LogP contribution in [0.1, 0.15) is 29.0 Å². The van der Waals surface area contributed by atoms with Crippen molar-refractivity contribution in [3.8, 4) is 0 Å². The molecule has 3 aromatic rings. The predicted molar refractivity (Wildman–Crippen MR) is 115 cm³/mol. The molecule has 0 spiro atoms. The third kappa shape index (κ3) is 4.00. The Balaban J connectivity index is 1.74. The molecular weight excluding hydrogens is 457 g/mol. The van der Waals surface area contributed by atoms with Gasteiger partial charge in [-0.2, -0.15) is 4.98 Å². The smallest absolute Gasteiger partial charge is 0.279 e. The summed E-state index contributed by atoms with van der Waals surface area (Å²) < 4.78 is 15.7.